The van der Waals surface area contributed by atoms with Crippen LogP contribution in [0, 0.1) is 46.2 Å². The zero-order chi connectivity index (χ0) is 31.1. The second kappa shape index (κ2) is 12.1. The van der Waals surface area contributed by atoms with Gasteiger partial charge in [0.25, 0.3) is 5.91 Å². The summed E-state index contributed by atoms with van der Waals surface area (Å²) in [5.74, 6) is -1.78. The fraction of sp³-hybridized carbons (Fsp3) is 0.645. The minimum absolute atomic E-state index is 0.0995. The number of anilines is 1. The van der Waals surface area contributed by atoms with Gasteiger partial charge in [-0.15, -0.1) is 0 Å². The number of carbonyl (C=O) groups excluding carboxylic acids is 4. The van der Waals surface area contributed by atoms with Crippen LogP contribution in [0.2, 0.25) is 0 Å². The molecule has 1 aromatic carbocycles. The van der Waals surface area contributed by atoms with Crippen molar-refractivity contribution in [3.8, 4) is 11.8 Å². The lowest BCUT2D eigenvalue weighted by molar-refractivity contribution is -0.144. The summed E-state index contributed by atoms with van der Waals surface area (Å²) in [6.45, 7) is 9.47. The number of hydrogen-bond acceptors (Lipinski definition) is 7. The fourth-order valence-electron chi connectivity index (χ4n) is 6.84. The van der Waals surface area contributed by atoms with E-state index in [1.54, 1.807) is 4.90 Å². The van der Waals surface area contributed by atoms with Crippen LogP contribution in [0.1, 0.15) is 53.4 Å². The van der Waals surface area contributed by atoms with E-state index in [0.29, 0.717) is 26.2 Å². The van der Waals surface area contributed by atoms with E-state index in [0.717, 1.165) is 18.9 Å². The molecule has 1 aliphatic carbocycles. The molecule has 3 fully saturated rings. The van der Waals surface area contributed by atoms with Crippen molar-refractivity contribution < 1.29 is 33.0 Å². The van der Waals surface area contributed by atoms with Gasteiger partial charge in [0.2, 0.25) is 17.7 Å². The molecule has 2 unspecified atom stereocenters. The molecule has 43 heavy (non-hydrogen) atoms. The number of hydrogen-bond donors (Lipinski definition) is 3. The molecule has 3 aliphatic heterocycles. The number of nitrogens with zero attached hydrogens (tertiary/aromatic N) is 2. The predicted octanol–water partition coefficient (Wildman–Crippen LogP) is 2.36. The molecular formula is C31H40FN5O6. The van der Waals surface area contributed by atoms with Crippen LogP contribution >= 0.6 is 0 Å². The van der Waals surface area contributed by atoms with Crippen LogP contribution in [0.3, 0.4) is 0 Å². The molecule has 3 heterocycles. The molecule has 3 N–H and O–H groups in total. The van der Waals surface area contributed by atoms with E-state index >= 15 is 0 Å². The number of benzene rings is 1. The molecule has 0 radical (unpaired) electrons. The van der Waals surface area contributed by atoms with Crippen molar-refractivity contribution in [2.75, 3.05) is 25.1 Å². The molecule has 5 rings (SSSR count). The third kappa shape index (κ3) is 6.32. The fourth-order valence-corrected chi connectivity index (χ4v) is 6.84. The van der Waals surface area contributed by atoms with Crippen LogP contribution < -0.4 is 20.7 Å². The largest absolute Gasteiger partial charge is 0.478 e. The summed E-state index contributed by atoms with van der Waals surface area (Å²) in [4.78, 5) is 54.8. The number of piperidine rings is 1. The standard InChI is InChI=1S/C31H40FN5O6/c1-16(2)26(36-24(38)11-17-7-9-42-10-8-17)30(41)37-15-20-25(31(20,3)4)27(37)29(40)34-19(14-33)13-23-28(39)35-21-12-18(32)5-6-22(21)43-23/h5-6,12,16-17,19-20,23,25-27H,7-11,13,15H2,1-4H3,(H,34,40)(H,35,39)(H,36,38)/t19?,20-,23-,25-,26?,27-/m0/s1. The average molecular weight is 598 g/mol. The van der Waals surface area contributed by atoms with Crippen molar-refractivity contribution in [3.05, 3.63) is 24.0 Å². The first kappa shape index (κ1) is 30.7. The maximum absolute atomic E-state index is 13.9. The van der Waals surface area contributed by atoms with Gasteiger partial charge in [-0.3, -0.25) is 19.2 Å². The van der Waals surface area contributed by atoms with Crippen LogP contribution in [0.4, 0.5) is 10.1 Å². The first-order chi connectivity index (χ1) is 20.4. The van der Waals surface area contributed by atoms with Crippen molar-refractivity contribution in [3.63, 3.8) is 0 Å². The summed E-state index contributed by atoms with van der Waals surface area (Å²) in [5, 5.41) is 18.1. The molecule has 0 bridgehead atoms. The van der Waals surface area contributed by atoms with Gasteiger partial charge in [-0.2, -0.15) is 5.26 Å². The second-order valence-corrected chi connectivity index (χ2v) is 13.1. The summed E-state index contributed by atoms with van der Waals surface area (Å²) in [6.07, 6.45) is 0.714. The summed E-state index contributed by atoms with van der Waals surface area (Å²) in [6, 6.07) is 3.08. The van der Waals surface area contributed by atoms with Gasteiger partial charge in [0, 0.05) is 38.7 Å². The van der Waals surface area contributed by atoms with Gasteiger partial charge in [0.15, 0.2) is 6.10 Å². The highest BCUT2D eigenvalue weighted by molar-refractivity contribution is 5.98. The molecule has 1 aromatic rings. The second-order valence-electron chi connectivity index (χ2n) is 13.1. The molecule has 4 aliphatic rings. The molecule has 0 aromatic heterocycles. The number of nitrogens with one attached hydrogen (secondary N) is 3. The molecule has 6 atom stereocenters. The highest BCUT2D eigenvalue weighted by atomic mass is 19.1. The molecule has 1 saturated carbocycles. The molecule has 0 spiro atoms. The Bertz CT molecular complexity index is 1320. The van der Waals surface area contributed by atoms with Gasteiger partial charge >= 0.3 is 0 Å². The monoisotopic (exact) mass is 597 g/mol. The van der Waals surface area contributed by atoms with Crippen molar-refractivity contribution in [2.45, 2.75) is 77.6 Å². The van der Waals surface area contributed by atoms with Crippen LogP contribution in [0.25, 0.3) is 0 Å². The topological polar surface area (TPSA) is 150 Å². The maximum Gasteiger partial charge on any atom is 0.265 e. The number of likely N-dealkylation sites (tertiary alicyclic amines) is 1. The smallest absolute Gasteiger partial charge is 0.265 e. The van der Waals surface area contributed by atoms with Gasteiger partial charge in [-0.1, -0.05) is 27.7 Å². The van der Waals surface area contributed by atoms with E-state index in [1.807, 2.05) is 19.9 Å². The maximum atomic E-state index is 13.9. The lowest BCUT2D eigenvalue weighted by Crippen LogP contribution is -2.58. The highest BCUT2D eigenvalue weighted by Crippen LogP contribution is 2.65. The summed E-state index contributed by atoms with van der Waals surface area (Å²) in [5.41, 5.74) is 0.0341. The normalized spacial score (nSPS) is 27.1. The van der Waals surface area contributed by atoms with Gasteiger partial charge in [-0.05, 0) is 54.1 Å². The van der Waals surface area contributed by atoms with E-state index in [-0.39, 0.29) is 58.8 Å². The van der Waals surface area contributed by atoms with E-state index in [9.17, 15) is 28.8 Å². The Morgan fingerprint density at radius 2 is 1.93 bits per heavy atom. The lowest BCUT2D eigenvalue weighted by Gasteiger charge is -2.35. The SMILES string of the molecule is CC(C)C(NC(=O)CC1CCOCC1)C(=O)N1C[C@H]2[C@@H]([C@H]1C(=O)NC(C#N)C[C@@H]1Oc3ccc(F)cc3NC1=O)C2(C)C. The van der Waals surface area contributed by atoms with Crippen molar-refractivity contribution in [1.29, 1.82) is 5.26 Å². The van der Waals surface area contributed by atoms with E-state index in [2.05, 4.69) is 29.8 Å². The van der Waals surface area contributed by atoms with Gasteiger partial charge in [-0.25, -0.2) is 4.39 Å². The van der Waals surface area contributed by atoms with E-state index in [4.69, 9.17) is 9.47 Å². The molecule has 11 nitrogen and oxygen atoms in total. The van der Waals surface area contributed by atoms with Gasteiger partial charge in [0.05, 0.1) is 11.8 Å². The Morgan fingerprint density at radius 1 is 1.21 bits per heavy atom. The Balaban J connectivity index is 1.26. The Kier molecular flexibility index (Phi) is 8.65. The number of halogens is 1. The number of fused-ring (bicyclic) bond motifs is 2. The van der Waals surface area contributed by atoms with Crippen LogP contribution in [0.15, 0.2) is 18.2 Å². The highest BCUT2D eigenvalue weighted by Gasteiger charge is 2.69. The van der Waals surface area contributed by atoms with Crippen molar-refractivity contribution in [2.24, 2.45) is 29.1 Å². The summed E-state index contributed by atoms with van der Waals surface area (Å²) < 4.78 is 24.7. The minimum atomic E-state index is -1.08. The summed E-state index contributed by atoms with van der Waals surface area (Å²) in [7, 11) is 0. The first-order valence-electron chi connectivity index (χ1n) is 15.0. The van der Waals surface area contributed by atoms with Crippen LogP contribution in [-0.2, 0) is 23.9 Å². The first-order valence-corrected chi connectivity index (χ1v) is 15.0. The quantitative estimate of drug-likeness (QED) is 0.396. The lowest BCUT2D eigenvalue weighted by atomic mass is 9.94. The Labute approximate surface area is 250 Å². The van der Waals surface area contributed by atoms with E-state index < -0.39 is 41.9 Å². The zero-order valence-electron chi connectivity index (χ0n) is 25.0. The predicted molar refractivity (Wildman–Crippen MR) is 153 cm³/mol. The zero-order valence-corrected chi connectivity index (χ0v) is 25.0. The molecular weight excluding hydrogens is 557 g/mol. The van der Waals surface area contributed by atoms with Crippen LogP contribution in [-0.4, -0.2) is 72.5 Å². The Morgan fingerprint density at radius 3 is 2.60 bits per heavy atom. The molecule has 2 saturated heterocycles. The van der Waals surface area contributed by atoms with E-state index in [1.165, 1.54) is 12.1 Å². The third-order valence-electron chi connectivity index (χ3n) is 9.51. The number of ether oxygens (including phenoxy) is 2. The summed E-state index contributed by atoms with van der Waals surface area (Å²) >= 11 is 0. The number of rotatable bonds is 9. The number of amides is 4. The average Bonchev–Trinajstić information content (AvgIpc) is 3.28. The Hall–Kier alpha value is -3.72. The van der Waals surface area contributed by atoms with Crippen LogP contribution in [0.5, 0.6) is 5.75 Å². The van der Waals surface area contributed by atoms with Gasteiger partial charge < -0.3 is 30.3 Å². The third-order valence-corrected chi connectivity index (χ3v) is 9.51. The van der Waals surface area contributed by atoms with Gasteiger partial charge in [0.1, 0.15) is 29.7 Å². The number of nitriles is 1. The molecule has 4 amide bonds. The minimum Gasteiger partial charge on any atom is -0.478 e. The molecule has 12 heteroatoms. The van der Waals surface area contributed by atoms with Crippen molar-refractivity contribution >= 4 is 29.3 Å². The van der Waals surface area contributed by atoms with Crippen molar-refractivity contribution in [1.82, 2.24) is 15.5 Å². The molecule has 232 valence electrons. The number of carbonyl (C=O) groups is 4.